The summed E-state index contributed by atoms with van der Waals surface area (Å²) < 4.78 is 5.15. The number of rotatable bonds is 3. The van der Waals surface area contributed by atoms with E-state index in [1.807, 2.05) is 31.2 Å². The van der Waals surface area contributed by atoms with E-state index in [1.165, 1.54) is 5.01 Å². The maximum Gasteiger partial charge on any atom is 0.282 e. The number of benzene rings is 2. The van der Waals surface area contributed by atoms with Crippen molar-refractivity contribution in [3.05, 3.63) is 65.2 Å². The Balaban J connectivity index is 1.93. The van der Waals surface area contributed by atoms with Crippen molar-refractivity contribution in [2.75, 3.05) is 12.1 Å². The Hall–Kier alpha value is -3.08. The molecule has 5 heteroatoms. The Morgan fingerprint density at radius 2 is 1.87 bits per heavy atom. The lowest BCUT2D eigenvalue weighted by atomic mass is 10.1. The molecule has 0 spiro atoms. The Morgan fingerprint density at radius 1 is 1.09 bits per heavy atom. The van der Waals surface area contributed by atoms with Crippen molar-refractivity contribution < 1.29 is 14.3 Å². The third kappa shape index (κ3) is 2.94. The quantitative estimate of drug-likeness (QED) is 0.700. The van der Waals surface area contributed by atoms with Crippen LogP contribution in [0.4, 0.5) is 5.69 Å². The molecular formula is C18H16N2O3. The molecule has 1 fully saturated rings. The molecule has 2 aromatic carbocycles. The average Bonchev–Trinajstić information content (AvgIpc) is 2.83. The fraction of sp³-hybridized carbons (Fsp3) is 0.111. The zero-order chi connectivity index (χ0) is 16.4. The average molecular weight is 308 g/mol. The molecule has 0 radical (unpaired) electrons. The van der Waals surface area contributed by atoms with Gasteiger partial charge >= 0.3 is 0 Å². The fourth-order valence-corrected chi connectivity index (χ4v) is 2.40. The second-order valence-corrected chi connectivity index (χ2v) is 5.26. The van der Waals surface area contributed by atoms with Gasteiger partial charge in [0.2, 0.25) is 0 Å². The minimum Gasteiger partial charge on any atom is -0.497 e. The molecule has 1 aliphatic heterocycles. The lowest BCUT2D eigenvalue weighted by molar-refractivity contribution is -0.117. The molecular weight excluding hydrogens is 292 g/mol. The highest BCUT2D eigenvalue weighted by atomic mass is 16.5. The van der Waals surface area contributed by atoms with E-state index in [0.29, 0.717) is 11.4 Å². The summed E-state index contributed by atoms with van der Waals surface area (Å²) in [7, 11) is 1.57. The number of anilines is 1. The maximum absolute atomic E-state index is 12.5. The SMILES string of the molecule is COc1cccc(/C=C2/C(=O)NN(c3cccc(C)c3)C2=O)c1. The molecule has 116 valence electrons. The molecule has 23 heavy (non-hydrogen) atoms. The largest absolute Gasteiger partial charge is 0.497 e. The van der Waals surface area contributed by atoms with Gasteiger partial charge in [-0.2, -0.15) is 0 Å². The van der Waals surface area contributed by atoms with Gasteiger partial charge in [-0.3, -0.25) is 15.0 Å². The Morgan fingerprint density at radius 3 is 2.61 bits per heavy atom. The molecule has 0 saturated carbocycles. The Kier molecular flexibility index (Phi) is 3.85. The summed E-state index contributed by atoms with van der Waals surface area (Å²) in [6, 6.07) is 14.6. The van der Waals surface area contributed by atoms with Gasteiger partial charge < -0.3 is 4.74 Å². The van der Waals surface area contributed by atoms with Crippen molar-refractivity contribution >= 4 is 23.6 Å². The van der Waals surface area contributed by atoms with Crippen LogP contribution in [0.15, 0.2) is 54.1 Å². The van der Waals surface area contributed by atoms with Crippen molar-refractivity contribution in [1.82, 2.24) is 5.43 Å². The number of methoxy groups -OCH3 is 1. The summed E-state index contributed by atoms with van der Waals surface area (Å²) in [5.41, 5.74) is 5.06. The highest BCUT2D eigenvalue weighted by molar-refractivity contribution is 6.31. The fourth-order valence-electron chi connectivity index (χ4n) is 2.40. The van der Waals surface area contributed by atoms with E-state index < -0.39 is 5.91 Å². The van der Waals surface area contributed by atoms with E-state index in [4.69, 9.17) is 4.74 Å². The predicted molar refractivity (Wildman–Crippen MR) is 87.8 cm³/mol. The molecule has 0 aliphatic carbocycles. The van der Waals surface area contributed by atoms with Crippen molar-refractivity contribution in [3.63, 3.8) is 0 Å². The second kappa shape index (κ2) is 5.96. The summed E-state index contributed by atoms with van der Waals surface area (Å²) >= 11 is 0. The van der Waals surface area contributed by atoms with Gasteiger partial charge in [0.1, 0.15) is 11.3 Å². The normalized spacial score (nSPS) is 15.9. The van der Waals surface area contributed by atoms with E-state index in [9.17, 15) is 9.59 Å². The molecule has 1 N–H and O–H groups in total. The number of amides is 2. The molecule has 2 aromatic rings. The van der Waals surface area contributed by atoms with Crippen molar-refractivity contribution in [2.45, 2.75) is 6.92 Å². The number of nitrogens with zero attached hydrogens (tertiary/aromatic N) is 1. The van der Waals surface area contributed by atoms with Gasteiger partial charge in [-0.05, 0) is 48.4 Å². The minimum atomic E-state index is -0.417. The van der Waals surface area contributed by atoms with Crippen LogP contribution in [0.25, 0.3) is 6.08 Å². The molecule has 0 unspecified atom stereocenters. The maximum atomic E-state index is 12.5. The number of carbonyl (C=O) groups excluding carboxylic acids is 2. The first-order chi connectivity index (χ1) is 11.1. The molecule has 3 rings (SSSR count). The highest BCUT2D eigenvalue weighted by Gasteiger charge is 2.34. The number of nitrogens with one attached hydrogen (secondary N) is 1. The van der Waals surface area contributed by atoms with Crippen LogP contribution in [-0.2, 0) is 9.59 Å². The van der Waals surface area contributed by atoms with E-state index in [0.717, 1.165) is 11.1 Å². The number of ether oxygens (including phenoxy) is 1. The lowest BCUT2D eigenvalue weighted by Gasteiger charge is -2.14. The molecule has 1 aliphatic rings. The van der Waals surface area contributed by atoms with Crippen LogP contribution >= 0.6 is 0 Å². The van der Waals surface area contributed by atoms with Crippen LogP contribution in [0.3, 0.4) is 0 Å². The van der Waals surface area contributed by atoms with Gasteiger partial charge in [-0.1, -0.05) is 24.3 Å². The monoisotopic (exact) mass is 308 g/mol. The van der Waals surface area contributed by atoms with Crippen LogP contribution in [0.2, 0.25) is 0 Å². The number of aryl methyl sites for hydroxylation is 1. The molecule has 0 aromatic heterocycles. The summed E-state index contributed by atoms with van der Waals surface area (Å²) in [6.45, 7) is 1.93. The van der Waals surface area contributed by atoms with Crippen LogP contribution < -0.4 is 15.2 Å². The van der Waals surface area contributed by atoms with Crippen molar-refractivity contribution in [2.24, 2.45) is 0 Å². The first-order valence-electron chi connectivity index (χ1n) is 7.16. The summed E-state index contributed by atoms with van der Waals surface area (Å²) in [5.74, 6) is -0.122. The topological polar surface area (TPSA) is 58.6 Å². The van der Waals surface area contributed by atoms with E-state index in [1.54, 1.807) is 37.5 Å². The van der Waals surface area contributed by atoms with Crippen LogP contribution in [0.1, 0.15) is 11.1 Å². The Labute approximate surface area is 134 Å². The molecule has 1 heterocycles. The molecule has 0 atom stereocenters. The van der Waals surface area contributed by atoms with Crippen molar-refractivity contribution in [3.8, 4) is 5.75 Å². The van der Waals surface area contributed by atoms with E-state index in [-0.39, 0.29) is 11.5 Å². The standard InChI is InChI=1S/C18H16N2O3/c1-12-5-3-7-14(9-12)20-18(22)16(17(21)19-20)11-13-6-4-8-15(10-13)23-2/h3-11H,1-2H3,(H,19,21)/b16-11-. The van der Waals surface area contributed by atoms with Crippen LogP contribution in [-0.4, -0.2) is 18.9 Å². The van der Waals surface area contributed by atoms with Crippen LogP contribution in [0.5, 0.6) is 5.75 Å². The van der Waals surface area contributed by atoms with Gasteiger partial charge in [0.15, 0.2) is 0 Å². The molecule has 0 bridgehead atoms. The summed E-state index contributed by atoms with van der Waals surface area (Å²) in [4.78, 5) is 24.7. The Bertz CT molecular complexity index is 811. The predicted octanol–water partition coefficient (Wildman–Crippen LogP) is 2.47. The zero-order valence-electron chi connectivity index (χ0n) is 12.9. The van der Waals surface area contributed by atoms with E-state index in [2.05, 4.69) is 5.43 Å². The summed E-state index contributed by atoms with van der Waals surface area (Å²) in [5, 5.41) is 1.27. The zero-order valence-corrected chi connectivity index (χ0v) is 12.9. The van der Waals surface area contributed by atoms with Crippen molar-refractivity contribution in [1.29, 1.82) is 0 Å². The van der Waals surface area contributed by atoms with Gasteiger partial charge in [-0.25, -0.2) is 5.01 Å². The number of hydrazine groups is 1. The van der Waals surface area contributed by atoms with Gasteiger partial charge in [0.25, 0.3) is 11.8 Å². The third-order valence-electron chi connectivity index (χ3n) is 3.56. The summed E-state index contributed by atoms with van der Waals surface area (Å²) in [6.07, 6.45) is 1.57. The molecule has 5 nitrogen and oxygen atoms in total. The smallest absolute Gasteiger partial charge is 0.282 e. The lowest BCUT2D eigenvalue weighted by Crippen LogP contribution is -2.35. The van der Waals surface area contributed by atoms with Gasteiger partial charge in [0.05, 0.1) is 12.8 Å². The molecule has 2 amide bonds. The first kappa shape index (κ1) is 14.8. The molecule has 1 saturated heterocycles. The number of carbonyl (C=O) groups is 2. The minimum absolute atomic E-state index is 0.0970. The second-order valence-electron chi connectivity index (χ2n) is 5.26. The number of hydrogen-bond acceptors (Lipinski definition) is 3. The van der Waals surface area contributed by atoms with Crippen LogP contribution in [0, 0.1) is 6.92 Å². The first-order valence-corrected chi connectivity index (χ1v) is 7.16. The van der Waals surface area contributed by atoms with E-state index >= 15 is 0 Å². The van der Waals surface area contributed by atoms with Gasteiger partial charge in [-0.15, -0.1) is 0 Å². The highest BCUT2D eigenvalue weighted by Crippen LogP contribution is 2.23. The number of hydrogen-bond donors (Lipinski definition) is 1. The van der Waals surface area contributed by atoms with Gasteiger partial charge in [0, 0.05) is 0 Å². The third-order valence-corrected chi connectivity index (χ3v) is 3.56.